The Morgan fingerprint density at radius 3 is 2.46 bits per heavy atom. The molecule has 0 radical (unpaired) electrons. The van der Waals surface area contributed by atoms with E-state index in [0.717, 1.165) is 0 Å². The molecule has 0 N–H and O–H groups in total. The third kappa shape index (κ3) is 4.24. The maximum Gasteiger partial charge on any atom is 0.228 e. The van der Waals surface area contributed by atoms with Crippen LogP contribution in [0, 0.1) is 17.6 Å². The number of carbonyl (C=O) groups excluding carboxylic acids is 2. The predicted octanol–water partition coefficient (Wildman–Crippen LogP) is 2.19. The zero-order chi connectivity index (χ0) is 25.5. The second-order valence-electron chi connectivity index (χ2n) is 9.04. The molecule has 4 aromatic rings. The van der Waals surface area contributed by atoms with Crippen LogP contribution in [0.25, 0.3) is 16.9 Å². The van der Waals surface area contributed by atoms with Crippen LogP contribution >= 0.6 is 0 Å². The summed E-state index contributed by atoms with van der Waals surface area (Å²) in [5.41, 5.74) is 2.04. The summed E-state index contributed by atoms with van der Waals surface area (Å²) < 4.78 is 28.4. The van der Waals surface area contributed by atoms with Crippen LogP contribution in [-0.2, 0) is 9.59 Å². The normalized spacial score (nSPS) is 18.2. The highest BCUT2D eigenvalue weighted by atomic mass is 19.1. The number of halogens is 2. The first-order chi connectivity index (χ1) is 18.0. The van der Waals surface area contributed by atoms with Gasteiger partial charge < -0.3 is 14.7 Å². The Labute approximate surface area is 210 Å². The highest BCUT2D eigenvalue weighted by Crippen LogP contribution is 2.28. The largest absolute Gasteiger partial charge is 0.351 e. The molecule has 2 aromatic heterocycles. The van der Waals surface area contributed by atoms with Gasteiger partial charge in [-0.05, 0) is 42.5 Å². The number of rotatable bonds is 4. The fourth-order valence-electron chi connectivity index (χ4n) is 4.89. The number of amides is 2. The number of piperazine rings is 1. The third-order valence-electron chi connectivity index (χ3n) is 6.77. The van der Waals surface area contributed by atoms with Crippen molar-refractivity contribution in [3.8, 4) is 5.69 Å². The Balaban J connectivity index is 1.14. The van der Waals surface area contributed by atoms with Crippen LogP contribution in [0.15, 0.2) is 54.9 Å². The van der Waals surface area contributed by atoms with Gasteiger partial charge in [0.25, 0.3) is 0 Å². The molecule has 6 rings (SSSR count). The number of nitrogens with zero attached hydrogens (tertiary/aromatic N) is 8. The van der Waals surface area contributed by atoms with E-state index in [4.69, 9.17) is 0 Å². The Kier molecular flexibility index (Phi) is 5.70. The van der Waals surface area contributed by atoms with E-state index in [9.17, 15) is 18.4 Å². The average Bonchev–Trinajstić information content (AvgIpc) is 3.53. The van der Waals surface area contributed by atoms with Gasteiger partial charge in [0.05, 0.1) is 11.6 Å². The van der Waals surface area contributed by atoms with Crippen LogP contribution < -0.4 is 9.80 Å². The zero-order valence-electron chi connectivity index (χ0n) is 19.7. The lowest BCUT2D eigenvalue weighted by atomic mass is 10.1. The molecule has 12 heteroatoms. The van der Waals surface area contributed by atoms with Crippen LogP contribution in [0.2, 0.25) is 0 Å². The van der Waals surface area contributed by atoms with Crippen molar-refractivity contribution in [3.05, 3.63) is 66.5 Å². The Morgan fingerprint density at radius 2 is 1.70 bits per heavy atom. The van der Waals surface area contributed by atoms with E-state index in [0.29, 0.717) is 54.5 Å². The molecule has 4 heterocycles. The van der Waals surface area contributed by atoms with E-state index >= 15 is 0 Å². The summed E-state index contributed by atoms with van der Waals surface area (Å²) in [6, 6.07) is 11.7. The number of carbonyl (C=O) groups is 2. The van der Waals surface area contributed by atoms with Crippen LogP contribution in [-0.4, -0.2) is 74.4 Å². The number of anilines is 2. The van der Waals surface area contributed by atoms with Crippen molar-refractivity contribution < 1.29 is 18.4 Å². The molecule has 0 saturated carbocycles. The molecule has 1 atom stereocenters. The molecule has 2 aliphatic heterocycles. The summed E-state index contributed by atoms with van der Waals surface area (Å²) in [5, 5.41) is 8.40. The summed E-state index contributed by atoms with van der Waals surface area (Å²) in [6.45, 7) is 2.24. The van der Waals surface area contributed by atoms with Gasteiger partial charge in [0, 0.05) is 44.8 Å². The second-order valence-corrected chi connectivity index (χ2v) is 9.04. The summed E-state index contributed by atoms with van der Waals surface area (Å²) in [4.78, 5) is 39.8. The summed E-state index contributed by atoms with van der Waals surface area (Å²) in [5.74, 6) is -0.825. The molecule has 1 unspecified atom stereocenters. The lowest BCUT2D eigenvalue weighted by molar-refractivity contribution is -0.136. The lowest BCUT2D eigenvalue weighted by Crippen LogP contribution is -2.51. The van der Waals surface area contributed by atoms with Crippen molar-refractivity contribution in [2.45, 2.75) is 6.42 Å². The van der Waals surface area contributed by atoms with Crippen LogP contribution in [0.5, 0.6) is 0 Å². The number of fused-ring (bicyclic) bond motifs is 1. The van der Waals surface area contributed by atoms with Crippen molar-refractivity contribution in [2.24, 2.45) is 5.92 Å². The Bertz CT molecular complexity index is 1480. The van der Waals surface area contributed by atoms with Gasteiger partial charge >= 0.3 is 0 Å². The Morgan fingerprint density at radius 1 is 0.919 bits per heavy atom. The maximum atomic E-state index is 13.7. The van der Waals surface area contributed by atoms with Crippen molar-refractivity contribution in [3.63, 3.8) is 0 Å². The molecule has 2 aromatic carbocycles. The van der Waals surface area contributed by atoms with E-state index < -0.39 is 5.92 Å². The standard InChI is InChI=1S/C25H22F2N8O2/c26-17-4-6-19(7-5-17)34-14-16(12-21(34)36)25(37)33-10-8-32(9-11-33)23-22-24(29-15-28-23)35(31-30-22)20-3-1-2-18(27)13-20/h1-7,13,15-16H,8-12,14H2. The second kappa shape index (κ2) is 9.19. The van der Waals surface area contributed by atoms with Gasteiger partial charge in [-0.3, -0.25) is 9.59 Å². The average molecular weight is 505 g/mol. The minimum atomic E-state index is -0.443. The van der Waals surface area contributed by atoms with E-state index in [-0.39, 0.29) is 36.4 Å². The number of benzene rings is 2. The summed E-state index contributed by atoms with van der Waals surface area (Å²) in [7, 11) is 0. The molecule has 0 bridgehead atoms. The molecular weight excluding hydrogens is 482 g/mol. The highest BCUT2D eigenvalue weighted by molar-refractivity contribution is 6.00. The molecule has 37 heavy (non-hydrogen) atoms. The van der Waals surface area contributed by atoms with Crippen molar-refractivity contribution >= 4 is 34.5 Å². The minimum Gasteiger partial charge on any atom is -0.351 e. The van der Waals surface area contributed by atoms with Crippen molar-refractivity contribution in [1.29, 1.82) is 0 Å². The third-order valence-corrected chi connectivity index (χ3v) is 6.77. The first kappa shape index (κ1) is 23.0. The van der Waals surface area contributed by atoms with E-state index in [1.807, 2.05) is 4.90 Å². The minimum absolute atomic E-state index is 0.0671. The smallest absolute Gasteiger partial charge is 0.228 e. The maximum absolute atomic E-state index is 13.7. The van der Waals surface area contributed by atoms with Gasteiger partial charge in [0.2, 0.25) is 11.8 Å². The van der Waals surface area contributed by atoms with Gasteiger partial charge in [-0.2, -0.15) is 4.68 Å². The molecule has 188 valence electrons. The van der Waals surface area contributed by atoms with Gasteiger partial charge in [-0.25, -0.2) is 18.7 Å². The molecule has 2 amide bonds. The summed E-state index contributed by atoms with van der Waals surface area (Å²) in [6.07, 6.45) is 1.55. The van der Waals surface area contributed by atoms with Gasteiger partial charge in [-0.15, -0.1) is 5.10 Å². The van der Waals surface area contributed by atoms with E-state index in [1.54, 1.807) is 29.2 Å². The number of hydrogen-bond acceptors (Lipinski definition) is 7. The van der Waals surface area contributed by atoms with E-state index in [1.165, 1.54) is 40.2 Å². The lowest BCUT2D eigenvalue weighted by Gasteiger charge is -2.36. The number of aromatic nitrogens is 5. The molecule has 0 aliphatic carbocycles. The fraction of sp³-hybridized carbons (Fsp3) is 0.280. The quantitative estimate of drug-likeness (QED) is 0.420. The first-order valence-corrected chi connectivity index (χ1v) is 11.9. The van der Waals surface area contributed by atoms with Crippen molar-refractivity contribution in [2.75, 3.05) is 42.5 Å². The van der Waals surface area contributed by atoms with Crippen molar-refractivity contribution in [1.82, 2.24) is 29.9 Å². The molecule has 0 spiro atoms. The zero-order valence-corrected chi connectivity index (χ0v) is 19.7. The first-order valence-electron chi connectivity index (χ1n) is 11.9. The SMILES string of the molecule is O=C(C1CC(=O)N(c2ccc(F)cc2)C1)N1CCN(c2ncnc3c2nnn3-c2cccc(F)c2)CC1. The Hall–Kier alpha value is -4.48. The van der Waals surface area contributed by atoms with Gasteiger partial charge in [0.15, 0.2) is 17.0 Å². The highest BCUT2D eigenvalue weighted by Gasteiger charge is 2.38. The molecule has 2 saturated heterocycles. The molecule has 10 nitrogen and oxygen atoms in total. The molecule has 2 aliphatic rings. The number of hydrogen-bond donors (Lipinski definition) is 0. The predicted molar refractivity (Wildman–Crippen MR) is 130 cm³/mol. The van der Waals surface area contributed by atoms with Gasteiger partial charge in [0.1, 0.15) is 18.0 Å². The van der Waals surface area contributed by atoms with Crippen LogP contribution in [0.4, 0.5) is 20.3 Å². The monoisotopic (exact) mass is 504 g/mol. The fourth-order valence-corrected chi connectivity index (χ4v) is 4.89. The topological polar surface area (TPSA) is 100 Å². The van der Waals surface area contributed by atoms with Crippen LogP contribution in [0.1, 0.15) is 6.42 Å². The molecular formula is C25H22F2N8O2. The summed E-state index contributed by atoms with van der Waals surface area (Å²) >= 11 is 0. The van der Waals surface area contributed by atoms with E-state index in [2.05, 4.69) is 20.3 Å². The van der Waals surface area contributed by atoms with Crippen LogP contribution in [0.3, 0.4) is 0 Å². The van der Waals surface area contributed by atoms with Gasteiger partial charge in [-0.1, -0.05) is 11.3 Å². The molecule has 2 fully saturated rings.